The number of carbonyl (C=O) groups is 1. The molecule has 1 N–H and O–H groups in total. The van der Waals surface area contributed by atoms with Gasteiger partial charge >= 0.3 is 5.97 Å². The Kier molecular flexibility index (Phi) is 4.95. The van der Waals surface area contributed by atoms with Gasteiger partial charge in [0.25, 0.3) is 0 Å². The van der Waals surface area contributed by atoms with E-state index in [1.807, 2.05) is 6.92 Å². The summed E-state index contributed by atoms with van der Waals surface area (Å²) in [6.07, 6.45) is 2.98. The van der Waals surface area contributed by atoms with Crippen molar-refractivity contribution < 1.29 is 18.3 Å². The van der Waals surface area contributed by atoms with Crippen LogP contribution in [0.2, 0.25) is 0 Å². The molecule has 0 saturated carbocycles. The molecule has 6 nitrogen and oxygen atoms in total. The third-order valence-electron chi connectivity index (χ3n) is 3.82. The summed E-state index contributed by atoms with van der Waals surface area (Å²) in [6, 6.07) is 5.29. The maximum absolute atomic E-state index is 12.2. The maximum atomic E-state index is 12.2. The van der Waals surface area contributed by atoms with Gasteiger partial charge in [-0.25, -0.2) is 12.7 Å². The predicted molar refractivity (Wildman–Crippen MR) is 78.4 cm³/mol. The Bertz CT molecular complexity index is 588. The molecule has 0 bridgehead atoms. The van der Waals surface area contributed by atoms with E-state index in [4.69, 9.17) is 0 Å². The van der Waals surface area contributed by atoms with Gasteiger partial charge in [0.05, 0.1) is 11.7 Å². The number of unbranched alkanes of at least 4 members (excludes halogenated alkanes) is 1. The van der Waals surface area contributed by atoms with E-state index in [1.165, 1.54) is 4.31 Å². The van der Waals surface area contributed by atoms with Crippen molar-refractivity contribution >= 4 is 16.0 Å². The van der Waals surface area contributed by atoms with Gasteiger partial charge < -0.3 is 5.11 Å². The number of pyridine rings is 1. The third-order valence-corrected chi connectivity index (χ3v) is 5.71. The first kappa shape index (κ1) is 15.9. The highest BCUT2D eigenvalue weighted by molar-refractivity contribution is 7.89. The van der Waals surface area contributed by atoms with Crippen LogP contribution in [0.3, 0.4) is 0 Å². The third kappa shape index (κ3) is 3.59. The lowest BCUT2D eigenvalue weighted by atomic mass is 9.93. The van der Waals surface area contributed by atoms with Crippen LogP contribution in [0.15, 0.2) is 24.4 Å². The number of aromatic nitrogens is 1. The number of sulfonamides is 1. The van der Waals surface area contributed by atoms with Crippen molar-refractivity contribution in [3.8, 4) is 0 Å². The summed E-state index contributed by atoms with van der Waals surface area (Å²) in [5.74, 6) is -2.03. The largest absolute Gasteiger partial charge is 0.481 e. The van der Waals surface area contributed by atoms with Crippen LogP contribution in [-0.2, 0) is 14.8 Å². The van der Waals surface area contributed by atoms with E-state index in [9.17, 15) is 18.3 Å². The molecule has 1 aliphatic heterocycles. The zero-order valence-corrected chi connectivity index (χ0v) is 12.8. The summed E-state index contributed by atoms with van der Waals surface area (Å²) >= 11 is 0. The standard InChI is InChI=1S/C14H20N2O4S/c1-2-3-8-21(19,20)16-9-11(12(10-16)14(17)18)13-6-4-5-7-15-13/h4-7,11-12H,2-3,8-10H2,1H3,(H,17,18). The van der Waals surface area contributed by atoms with Crippen molar-refractivity contribution in [3.05, 3.63) is 30.1 Å². The number of aliphatic carboxylic acids is 1. The lowest BCUT2D eigenvalue weighted by Crippen LogP contribution is -2.32. The average molecular weight is 312 g/mol. The van der Waals surface area contributed by atoms with Crippen LogP contribution in [0.1, 0.15) is 31.4 Å². The average Bonchev–Trinajstić information content (AvgIpc) is 2.92. The molecule has 1 saturated heterocycles. The summed E-state index contributed by atoms with van der Waals surface area (Å²) in [6.45, 7) is 2.15. The summed E-state index contributed by atoms with van der Waals surface area (Å²) in [5.41, 5.74) is 0.637. The molecule has 1 aromatic heterocycles. The van der Waals surface area contributed by atoms with Crippen molar-refractivity contribution in [3.63, 3.8) is 0 Å². The minimum atomic E-state index is -3.39. The highest BCUT2D eigenvalue weighted by Crippen LogP contribution is 2.33. The maximum Gasteiger partial charge on any atom is 0.308 e. The van der Waals surface area contributed by atoms with Crippen LogP contribution in [0.4, 0.5) is 0 Å². The van der Waals surface area contributed by atoms with E-state index in [0.717, 1.165) is 6.42 Å². The number of nitrogens with zero attached hydrogens (tertiary/aromatic N) is 2. The second kappa shape index (κ2) is 6.53. The molecular formula is C14H20N2O4S. The van der Waals surface area contributed by atoms with E-state index < -0.39 is 21.9 Å². The molecule has 0 spiro atoms. The topological polar surface area (TPSA) is 87.6 Å². The van der Waals surface area contributed by atoms with Crippen LogP contribution in [0.5, 0.6) is 0 Å². The first-order chi connectivity index (χ1) is 9.95. The molecule has 2 rings (SSSR count). The van der Waals surface area contributed by atoms with Gasteiger partial charge in [0, 0.05) is 30.9 Å². The first-order valence-electron chi connectivity index (χ1n) is 7.07. The van der Waals surface area contributed by atoms with E-state index in [-0.39, 0.29) is 24.8 Å². The minimum Gasteiger partial charge on any atom is -0.481 e. The molecule has 0 aromatic carbocycles. The van der Waals surface area contributed by atoms with Gasteiger partial charge in [-0.05, 0) is 18.6 Å². The fraction of sp³-hybridized carbons (Fsp3) is 0.571. The van der Waals surface area contributed by atoms with E-state index in [1.54, 1.807) is 24.4 Å². The molecule has 1 aromatic rings. The summed E-state index contributed by atoms with van der Waals surface area (Å²) < 4.78 is 25.8. The number of carboxylic acids is 1. The second-order valence-corrected chi connectivity index (χ2v) is 7.38. The van der Waals surface area contributed by atoms with Crippen molar-refractivity contribution in [1.29, 1.82) is 0 Å². The lowest BCUT2D eigenvalue weighted by molar-refractivity contribution is -0.141. The van der Waals surface area contributed by atoms with Gasteiger partial charge in [-0.15, -0.1) is 0 Å². The first-order valence-corrected chi connectivity index (χ1v) is 8.68. The zero-order chi connectivity index (χ0) is 15.5. The summed E-state index contributed by atoms with van der Waals surface area (Å²) in [4.78, 5) is 15.6. The highest BCUT2D eigenvalue weighted by Gasteiger charge is 2.43. The highest BCUT2D eigenvalue weighted by atomic mass is 32.2. The number of hydrogen-bond donors (Lipinski definition) is 1. The Morgan fingerprint density at radius 1 is 1.43 bits per heavy atom. The molecular weight excluding hydrogens is 292 g/mol. The van der Waals surface area contributed by atoms with E-state index >= 15 is 0 Å². The Labute approximate surface area is 124 Å². The SMILES string of the molecule is CCCCS(=O)(=O)N1CC(C(=O)O)C(c2ccccn2)C1. The molecule has 1 fully saturated rings. The van der Waals surface area contributed by atoms with Crippen molar-refractivity contribution in [2.24, 2.45) is 5.92 Å². The molecule has 7 heteroatoms. The van der Waals surface area contributed by atoms with E-state index in [0.29, 0.717) is 12.1 Å². The normalized spacial score (nSPS) is 23.3. The molecule has 2 heterocycles. The van der Waals surface area contributed by atoms with Gasteiger partial charge in [-0.3, -0.25) is 9.78 Å². The molecule has 2 atom stereocenters. The van der Waals surface area contributed by atoms with Crippen LogP contribution >= 0.6 is 0 Å². The summed E-state index contributed by atoms with van der Waals surface area (Å²) in [5, 5.41) is 9.36. The van der Waals surface area contributed by atoms with Gasteiger partial charge in [-0.2, -0.15) is 0 Å². The molecule has 21 heavy (non-hydrogen) atoms. The van der Waals surface area contributed by atoms with E-state index in [2.05, 4.69) is 4.98 Å². The number of rotatable bonds is 6. The van der Waals surface area contributed by atoms with Gasteiger partial charge in [-0.1, -0.05) is 19.4 Å². The summed E-state index contributed by atoms with van der Waals surface area (Å²) in [7, 11) is -3.39. The van der Waals surface area contributed by atoms with Crippen LogP contribution in [0.25, 0.3) is 0 Å². The lowest BCUT2D eigenvalue weighted by Gasteiger charge is -2.16. The van der Waals surface area contributed by atoms with Crippen molar-refractivity contribution in [1.82, 2.24) is 9.29 Å². The minimum absolute atomic E-state index is 0.0304. The van der Waals surface area contributed by atoms with Gasteiger partial charge in [0.15, 0.2) is 0 Å². The molecule has 0 aliphatic carbocycles. The van der Waals surface area contributed by atoms with Gasteiger partial charge in [0.1, 0.15) is 0 Å². The Balaban J connectivity index is 2.22. The molecule has 116 valence electrons. The molecule has 2 unspecified atom stereocenters. The Morgan fingerprint density at radius 3 is 2.76 bits per heavy atom. The number of hydrogen-bond acceptors (Lipinski definition) is 4. The van der Waals surface area contributed by atoms with Crippen molar-refractivity contribution in [2.45, 2.75) is 25.7 Å². The zero-order valence-electron chi connectivity index (χ0n) is 12.0. The van der Waals surface area contributed by atoms with Gasteiger partial charge in [0.2, 0.25) is 10.0 Å². The second-order valence-electron chi connectivity index (χ2n) is 5.29. The van der Waals surface area contributed by atoms with Crippen LogP contribution < -0.4 is 0 Å². The quantitative estimate of drug-likeness (QED) is 0.855. The monoisotopic (exact) mass is 312 g/mol. The Morgan fingerprint density at radius 2 is 2.19 bits per heavy atom. The molecule has 0 amide bonds. The Hall–Kier alpha value is -1.47. The predicted octanol–water partition coefficient (Wildman–Crippen LogP) is 1.31. The molecule has 0 radical (unpaired) electrons. The smallest absolute Gasteiger partial charge is 0.308 e. The number of carboxylic acid groups (broad SMARTS) is 1. The fourth-order valence-electron chi connectivity index (χ4n) is 2.60. The fourth-order valence-corrected chi connectivity index (χ4v) is 4.28. The van der Waals surface area contributed by atoms with Crippen molar-refractivity contribution in [2.75, 3.05) is 18.8 Å². The van der Waals surface area contributed by atoms with Crippen LogP contribution in [-0.4, -0.2) is 47.6 Å². The molecule has 1 aliphatic rings. The van der Waals surface area contributed by atoms with Crippen LogP contribution in [0, 0.1) is 5.92 Å².